The summed E-state index contributed by atoms with van der Waals surface area (Å²) in [4.78, 5) is 15.1. The molecule has 1 atom stereocenters. The van der Waals surface area contributed by atoms with Gasteiger partial charge in [-0.25, -0.2) is 5.84 Å². The van der Waals surface area contributed by atoms with Crippen molar-refractivity contribution in [2.45, 2.75) is 38.6 Å². The van der Waals surface area contributed by atoms with Crippen LogP contribution in [0, 0.1) is 0 Å². The standard InChI is InChI=1S/C12H23N7O/c1-2-9(5-8-20)14-10-15-11(18-13)17-12(16-10)19-6-3-4-7-19/h9,20H,2-8,13H2,1H3,(H2,14,15,16,17,18). The molecule has 5 N–H and O–H groups in total. The second kappa shape index (κ2) is 7.20. The van der Waals surface area contributed by atoms with Crippen molar-refractivity contribution in [2.75, 3.05) is 35.3 Å². The molecule has 0 radical (unpaired) electrons. The van der Waals surface area contributed by atoms with Gasteiger partial charge in [-0.15, -0.1) is 0 Å². The zero-order chi connectivity index (χ0) is 14.4. The van der Waals surface area contributed by atoms with E-state index in [1.54, 1.807) is 0 Å². The first-order valence-electron chi connectivity index (χ1n) is 7.11. The number of hydrazine groups is 1. The van der Waals surface area contributed by atoms with Crippen LogP contribution in [0.5, 0.6) is 0 Å². The summed E-state index contributed by atoms with van der Waals surface area (Å²) in [6, 6.07) is 0.138. The van der Waals surface area contributed by atoms with Crippen LogP contribution in [0.3, 0.4) is 0 Å². The van der Waals surface area contributed by atoms with Gasteiger partial charge in [-0.2, -0.15) is 15.0 Å². The van der Waals surface area contributed by atoms with Gasteiger partial charge in [-0.05, 0) is 25.7 Å². The predicted molar refractivity (Wildman–Crippen MR) is 78.5 cm³/mol. The fourth-order valence-corrected chi connectivity index (χ4v) is 2.27. The molecular weight excluding hydrogens is 258 g/mol. The van der Waals surface area contributed by atoms with Crippen LogP contribution in [0.2, 0.25) is 0 Å². The molecule has 20 heavy (non-hydrogen) atoms. The van der Waals surface area contributed by atoms with Gasteiger partial charge < -0.3 is 15.3 Å². The van der Waals surface area contributed by atoms with E-state index in [9.17, 15) is 0 Å². The van der Waals surface area contributed by atoms with Crippen molar-refractivity contribution in [1.82, 2.24) is 15.0 Å². The Hall–Kier alpha value is -1.67. The first-order valence-corrected chi connectivity index (χ1v) is 7.11. The zero-order valence-corrected chi connectivity index (χ0v) is 11.8. The number of hydrogen-bond acceptors (Lipinski definition) is 8. The minimum absolute atomic E-state index is 0.136. The lowest BCUT2D eigenvalue weighted by molar-refractivity contribution is 0.278. The van der Waals surface area contributed by atoms with Crippen LogP contribution in [0.4, 0.5) is 17.8 Å². The van der Waals surface area contributed by atoms with E-state index < -0.39 is 0 Å². The van der Waals surface area contributed by atoms with Crippen LogP contribution >= 0.6 is 0 Å². The number of nitrogens with zero attached hydrogens (tertiary/aromatic N) is 4. The maximum atomic E-state index is 9.04. The van der Waals surface area contributed by atoms with E-state index in [4.69, 9.17) is 10.9 Å². The van der Waals surface area contributed by atoms with Crippen molar-refractivity contribution < 1.29 is 5.11 Å². The molecule has 2 heterocycles. The van der Waals surface area contributed by atoms with E-state index in [0.29, 0.717) is 24.3 Å². The molecule has 2 rings (SSSR count). The molecule has 8 nitrogen and oxygen atoms in total. The molecule has 112 valence electrons. The smallest absolute Gasteiger partial charge is 0.243 e. The summed E-state index contributed by atoms with van der Waals surface area (Å²) in [6.07, 6.45) is 3.85. The SMILES string of the molecule is CCC(CCO)Nc1nc(NN)nc(N2CCCC2)n1. The molecule has 0 saturated carbocycles. The largest absolute Gasteiger partial charge is 0.396 e. The van der Waals surface area contributed by atoms with Gasteiger partial charge in [0.25, 0.3) is 0 Å². The number of nitrogen functional groups attached to an aromatic ring is 1. The minimum Gasteiger partial charge on any atom is -0.396 e. The van der Waals surface area contributed by atoms with Crippen LogP contribution in [0.1, 0.15) is 32.6 Å². The summed E-state index contributed by atoms with van der Waals surface area (Å²) in [6.45, 7) is 4.11. The monoisotopic (exact) mass is 281 g/mol. The second-order valence-corrected chi connectivity index (χ2v) is 4.88. The Morgan fingerprint density at radius 2 is 1.95 bits per heavy atom. The van der Waals surface area contributed by atoms with E-state index in [0.717, 1.165) is 32.4 Å². The van der Waals surface area contributed by atoms with E-state index in [-0.39, 0.29) is 12.6 Å². The van der Waals surface area contributed by atoms with Crippen molar-refractivity contribution >= 4 is 17.8 Å². The van der Waals surface area contributed by atoms with Crippen molar-refractivity contribution in [3.05, 3.63) is 0 Å². The predicted octanol–water partition coefficient (Wildman–Crippen LogP) is 0.330. The molecule has 1 aromatic rings. The summed E-state index contributed by atoms with van der Waals surface area (Å²) >= 11 is 0. The summed E-state index contributed by atoms with van der Waals surface area (Å²) < 4.78 is 0. The van der Waals surface area contributed by atoms with E-state index in [2.05, 4.69) is 37.5 Å². The van der Waals surface area contributed by atoms with Gasteiger partial charge in [0.2, 0.25) is 17.8 Å². The van der Waals surface area contributed by atoms with Crippen LogP contribution in [-0.2, 0) is 0 Å². The maximum absolute atomic E-state index is 9.04. The topological polar surface area (TPSA) is 112 Å². The van der Waals surface area contributed by atoms with Gasteiger partial charge in [0.05, 0.1) is 0 Å². The normalized spacial score (nSPS) is 16.2. The Kier molecular flexibility index (Phi) is 5.31. The van der Waals surface area contributed by atoms with Crippen LogP contribution in [0.25, 0.3) is 0 Å². The number of rotatable bonds is 7. The van der Waals surface area contributed by atoms with Gasteiger partial charge in [0.1, 0.15) is 0 Å². The first-order chi connectivity index (χ1) is 9.76. The minimum atomic E-state index is 0.136. The number of nitrogens with two attached hydrogens (primary N) is 1. The lowest BCUT2D eigenvalue weighted by atomic mass is 10.2. The third-order valence-electron chi connectivity index (χ3n) is 3.45. The molecule has 1 aromatic heterocycles. The number of anilines is 3. The van der Waals surface area contributed by atoms with Crippen LogP contribution in [-0.4, -0.2) is 45.8 Å². The van der Waals surface area contributed by atoms with Crippen molar-refractivity contribution in [2.24, 2.45) is 5.84 Å². The molecule has 0 spiro atoms. The number of aromatic nitrogens is 3. The molecule has 1 aliphatic rings. The Bertz CT molecular complexity index is 422. The fraction of sp³-hybridized carbons (Fsp3) is 0.750. The van der Waals surface area contributed by atoms with Crippen molar-refractivity contribution in [3.8, 4) is 0 Å². The Morgan fingerprint density at radius 3 is 2.55 bits per heavy atom. The summed E-state index contributed by atoms with van der Waals surface area (Å²) in [5, 5.41) is 12.3. The number of aliphatic hydroxyl groups excluding tert-OH is 1. The van der Waals surface area contributed by atoms with Gasteiger partial charge in [0, 0.05) is 25.7 Å². The molecule has 1 aliphatic heterocycles. The van der Waals surface area contributed by atoms with Gasteiger partial charge in [0.15, 0.2) is 0 Å². The fourth-order valence-electron chi connectivity index (χ4n) is 2.27. The van der Waals surface area contributed by atoms with Gasteiger partial charge in [-0.3, -0.25) is 5.43 Å². The van der Waals surface area contributed by atoms with Crippen molar-refractivity contribution in [3.63, 3.8) is 0 Å². The lowest BCUT2D eigenvalue weighted by Crippen LogP contribution is -2.26. The molecule has 0 aliphatic carbocycles. The zero-order valence-electron chi connectivity index (χ0n) is 11.8. The molecule has 8 heteroatoms. The Labute approximate surface area is 118 Å². The highest BCUT2D eigenvalue weighted by atomic mass is 16.3. The Morgan fingerprint density at radius 1 is 1.25 bits per heavy atom. The highest BCUT2D eigenvalue weighted by molar-refractivity contribution is 5.44. The molecule has 0 aromatic carbocycles. The molecule has 1 unspecified atom stereocenters. The highest BCUT2D eigenvalue weighted by Gasteiger charge is 2.18. The quantitative estimate of drug-likeness (QED) is 0.418. The number of nitrogens with one attached hydrogen (secondary N) is 2. The van der Waals surface area contributed by atoms with E-state index in [1.165, 1.54) is 0 Å². The van der Waals surface area contributed by atoms with E-state index in [1.807, 2.05) is 0 Å². The maximum Gasteiger partial charge on any atom is 0.243 e. The summed E-state index contributed by atoms with van der Waals surface area (Å²) in [7, 11) is 0. The molecule has 1 fully saturated rings. The van der Waals surface area contributed by atoms with Crippen LogP contribution in [0.15, 0.2) is 0 Å². The summed E-state index contributed by atoms with van der Waals surface area (Å²) in [5.41, 5.74) is 2.48. The average molecular weight is 281 g/mol. The number of hydrogen-bond donors (Lipinski definition) is 4. The third kappa shape index (κ3) is 3.67. The van der Waals surface area contributed by atoms with Crippen molar-refractivity contribution in [1.29, 1.82) is 0 Å². The second-order valence-electron chi connectivity index (χ2n) is 4.88. The van der Waals surface area contributed by atoms with Gasteiger partial charge >= 0.3 is 0 Å². The number of aliphatic hydroxyl groups is 1. The molecular formula is C12H23N7O. The Balaban J connectivity index is 2.16. The van der Waals surface area contributed by atoms with Gasteiger partial charge in [-0.1, -0.05) is 6.92 Å². The average Bonchev–Trinajstić information content (AvgIpc) is 3.00. The van der Waals surface area contributed by atoms with Crippen LogP contribution < -0.4 is 21.5 Å². The highest BCUT2D eigenvalue weighted by Crippen LogP contribution is 2.19. The molecule has 0 amide bonds. The third-order valence-corrected chi connectivity index (χ3v) is 3.45. The molecule has 1 saturated heterocycles. The summed E-state index contributed by atoms with van der Waals surface area (Å²) in [5.74, 6) is 6.91. The lowest BCUT2D eigenvalue weighted by Gasteiger charge is -2.19. The molecule has 0 bridgehead atoms. The first kappa shape index (κ1) is 14.7. The van der Waals surface area contributed by atoms with E-state index >= 15 is 0 Å².